The smallest absolute Gasteiger partial charge is 0.311 e. The molecule has 0 aromatic heterocycles. The van der Waals surface area contributed by atoms with Gasteiger partial charge < -0.3 is 4.74 Å². The molecule has 1 saturated carbocycles. The van der Waals surface area contributed by atoms with E-state index in [4.69, 9.17) is 4.74 Å². The molecule has 0 bridgehead atoms. The number of rotatable bonds is 4. The molecule has 2 atom stereocenters. The number of hydrogen-bond donors (Lipinski definition) is 0. The molecule has 23 heavy (non-hydrogen) atoms. The predicted octanol–water partition coefficient (Wildman–Crippen LogP) is 4.64. The van der Waals surface area contributed by atoms with Gasteiger partial charge in [0.1, 0.15) is 0 Å². The average molecular weight is 307 g/mol. The Bertz CT molecular complexity index is 611. The highest BCUT2D eigenvalue weighted by molar-refractivity contribution is 5.78. The Balaban J connectivity index is 2.07. The summed E-state index contributed by atoms with van der Waals surface area (Å²) in [7, 11) is 1.49. The zero-order valence-corrected chi connectivity index (χ0v) is 13.8. The standard InChI is InChI=1S/C21H23O2/c1-21(20(22)23-2)15-9-14-18(21)19(16-10-5-3-6-11-16)17-12-7-4-8-13-17/h3-8,10-13,18H,9,14-15H2,1-2H3. The van der Waals surface area contributed by atoms with Crippen molar-refractivity contribution >= 4 is 5.97 Å². The summed E-state index contributed by atoms with van der Waals surface area (Å²) in [4.78, 5) is 12.5. The van der Waals surface area contributed by atoms with Gasteiger partial charge in [0.05, 0.1) is 12.5 Å². The molecule has 2 aromatic carbocycles. The second kappa shape index (κ2) is 6.57. The van der Waals surface area contributed by atoms with Crippen LogP contribution >= 0.6 is 0 Å². The van der Waals surface area contributed by atoms with E-state index in [1.807, 2.05) is 12.1 Å². The van der Waals surface area contributed by atoms with E-state index in [2.05, 4.69) is 55.5 Å². The van der Waals surface area contributed by atoms with E-state index in [-0.39, 0.29) is 11.9 Å². The fourth-order valence-electron chi connectivity index (χ4n) is 3.91. The van der Waals surface area contributed by atoms with E-state index in [1.165, 1.54) is 24.2 Å². The summed E-state index contributed by atoms with van der Waals surface area (Å²) in [6, 6.07) is 20.8. The first-order valence-corrected chi connectivity index (χ1v) is 8.23. The lowest BCUT2D eigenvalue weighted by Crippen LogP contribution is -2.36. The van der Waals surface area contributed by atoms with Gasteiger partial charge in [-0.15, -0.1) is 0 Å². The number of methoxy groups -OCH3 is 1. The maximum Gasteiger partial charge on any atom is 0.311 e. The van der Waals surface area contributed by atoms with Crippen LogP contribution in [0.1, 0.15) is 37.3 Å². The highest BCUT2D eigenvalue weighted by atomic mass is 16.5. The quantitative estimate of drug-likeness (QED) is 0.769. The van der Waals surface area contributed by atoms with E-state index in [9.17, 15) is 4.79 Å². The third-order valence-electron chi connectivity index (χ3n) is 5.13. The Morgan fingerprint density at radius 1 is 1.00 bits per heavy atom. The van der Waals surface area contributed by atoms with Crippen molar-refractivity contribution in [3.8, 4) is 0 Å². The van der Waals surface area contributed by atoms with Gasteiger partial charge in [-0.3, -0.25) is 4.79 Å². The van der Waals surface area contributed by atoms with Crippen molar-refractivity contribution in [1.29, 1.82) is 0 Å². The Morgan fingerprint density at radius 2 is 1.52 bits per heavy atom. The van der Waals surface area contributed by atoms with Crippen LogP contribution in [-0.2, 0) is 9.53 Å². The molecule has 0 amide bonds. The Labute approximate surface area is 138 Å². The molecule has 2 aromatic rings. The number of esters is 1. The molecule has 0 aliphatic heterocycles. The molecule has 0 spiro atoms. The van der Waals surface area contributed by atoms with E-state index in [0.29, 0.717) is 0 Å². The Hall–Kier alpha value is -2.09. The van der Waals surface area contributed by atoms with Crippen LogP contribution in [0.25, 0.3) is 0 Å². The molecule has 0 heterocycles. The van der Waals surface area contributed by atoms with Crippen LogP contribution in [-0.4, -0.2) is 13.1 Å². The molecule has 1 aliphatic carbocycles. The summed E-state index contributed by atoms with van der Waals surface area (Å²) in [5.41, 5.74) is 1.94. The summed E-state index contributed by atoms with van der Waals surface area (Å²) in [5, 5.41) is 0. The molecule has 2 heteroatoms. The minimum Gasteiger partial charge on any atom is -0.469 e. The summed E-state index contributed by atoms with van der Waals surface area (Å²) >= 11 is 0. The molecular formula is C21H23O2. The lowest BCUT2D eigenvalue weighted by molar-refractivity contribution is -0.153. The number of carbonyl (C=O) groups excluding carboxylic acids is 1. The molecule has 0 saturated heterocycles. The monoisotopic (exact) mass is 307 g/mol. The predicted molar refractivity (Wildman–Crippen MR) is 91.8 cm³/mol. The highest BCUT2D eigenvalue weighted by Gasteiger charge is 2.50. The van der Waals surface area contributed by atoms with E-state index < -0.39 is 5.41 Å². The van der Waals surface area contributed by atoms with Crippen LogP contribution in [0.15, 0.2) is 60.7 Å². The molecule has 2 unspecified atom stereocenters. The van der Waals surface area contributed by atoms with E-state index >= 15 is 0 Å². The average Bonchev–Trinajstić information content (AvgIpc) is 2.99. The zero-order valence-electron chi connectivity index (χ0n) is 13.8. The summed E-state index contributed by atoms with van der Waals surface area (Å²) in [6.07, 6.45) is 2.96. The SMILES string of the molecule is COC(=O)C1(C)CCCC1[C](c1ccccc1)c1ccccc1. The molecule has 1 fully saturated rings. The first-order valence-electron chi connectivity index (χ1n) is 8.23. The largest absolute Gasteiger partial charge is 0.469 e. The lowest BCUT2D eigenvalue weighted by Gasteiger charge is -2.35. The van der Waals surface area contributed by atoms with Gasteiger partial charge in [0.15, 0.2) is 0 Å². The molecule has 1 aliphatic rings. The fraction of sp³-hybridized carbons (Fsp3) is 0.333. The summed E-state index contributed by atoms with van der Waals surface area (Å²) in [5.74, 6) is 1.35. The first-order chi connectivity index (χ1) is 11.2. The molecule has 2 nitrogen and oxygen atoms in total. The first kappa shape index (κ1) is 15.8. The van der Waals surface area contributed by atoms with Crippen molar-refractivity contribution in [2.45, 2.75) is 26.2 Å². The molecular weight excluding hydrogens is 284 g/mol. The van der Waals surface area contributed by atoms with Gasteiger partial charge in [-0.2, -0.15) is 0 Å². The van der Waals surface area contributed by atoms with Crippen molar-refractivity contribution in [2.24, 2.45) is 11.3 Å². The Morgan fingerprint density at radius 3 is 2.00 bits per heavy atom. The topological polar surface area (TPSA) is 26.3 Å². The van der Waals surface area contributed by atoms with Gasteiger partial charge in [-0.05, 0) is 36.8 Å². The fourth-order valence-corrected chi connectivity index (χ4v) is 3.91. The van der Waals surface area contributed by atoms with Gasteiger partial charge in [-0.25, -0.2) is 0 Å². The number of hydrogen-bond acceptors (Lipinski definition) is 2. The van der Waals surface area contributed by atoms with Gasteiger partial charge in [0.25, 0.3) is 0 Å². The van der Waals surface area contributed by atoms with Gasteiger partial charge in [-0.1, -0.05) is 67.1 Å². The number of carbonyl (C=O) groups is 1. The number of ether oxygens (including phenoxy) is 1. The zero-order chi connectivity index (χ0) is 16.3. The van der Waals surface area contributed by atoms with Crippen LogP contribution in [0.2, 0.25) is 0 Å². The lowest BCUT2D eigenvalue weighted by atomic mass is 9.68. The minimum absolute atomic E-state index is 0.0932. The summed E-state index contributed by atoms with van der Waals surface area (Å²) in [6.45, 7) is 2.06. The van der Waals surface area contributed by atoms with Crippen LogP contribution in [0.3, 0.4) is 0 Å². The van der Waals surface area contributed by atoms with E-state index in [1.54, 1.807) is 0 Å². The molecule has 0 N–H and O–H groups in total. The molecule has 119 valence electrons. The summed E-state index contributed by atoms with van der Waals surface area (Å²) < 4.78 is 5.14. The third-order valence-corrected chi connectivity index (χ3v) is 5.13. The third kappa shape index (κ3) is 2.90. The van der Waals surface area contributed by atoms with Crippen LogP contribution < -0.4 is 0 Å². The van der Waals surface area contributed by atoms with Crippen LogP contribution in [0.4, 0.5) is 0 Å². The van der Waals surface area contributed by atoms with E-state index in [0.717, 1.165) is 19.3 Å². The van der Waals surface area contributed by atoms with Gasteiger partial charge in [0.2, 0.25) is 0 Å². The second-order valence-corrected chi connectivity index (χ2v) is 6.50. The highest BCUT2D eigenvalue weighted by Crippen LogP contribution is 2.52. The minimum atomic E-state index is -0.449. The maximum atomic E-state index is 12.5. The van der Waals surface area contributed by atoms with Crippen molar-refractivity contribution in [3.63, 3.8) is 0 Å². The van der Waals surface area contributed by atoms with Crippen LogP contribution in [0, 0.1) is 17.3 Å². The molecule has 1 radical (unpaired) electrons. The maximum absolute atomic E-state index is 12.5. The van der Waals surface area contributed by atoms with Crippen molar-refractivity contribution in [3.05, 3.63) is 77.7 Å². The Kier molecular flexibility index (Phi) is 4.51. The van der Waals surface area contributed by atoms with Crippen molar-refractivity contribution in [1.82, 2.24) is 0 Å². The van der Waals surface area contributed by atoms with Gasteiger partial charge in [0, 0.05) is 5.92 Å². The van der Waals surface area contributed by atoms with Crippen molar-refractivity contribution in [2.75, 3.05) is 7.11 Å². The molecule has 3 rings (SSSR count). The van der Waals surface area contributed by atoms with Crippen molar-refractivity contribution < 1.29 is 9.53 Å². The second-order valence-electron chi connectivity index (χ2n) is 6.50. The van der Waals surface area contributed by atoms with Crippen LogP contribution in [0.5, 0.6) is 0 Å². The van der Waals surface area contributed by atoms with Gasteiger partial charge >= 0.3 is 5.97 Å². The normalized spacial score (nSPS) is 23.9. The number of benzene rings is 2.